The van der Waals surface area contributed by atoms with Gasteiger partial charge in [-0.3, -0.25) is 14.5 Å². The normalized spacial score (nSPS) is 20.2. The van der Waals surface area contributed by atoms with Crippen molar-refractivity contribution >= 4 is 29.1 Å². The minimum atomic E-state index is -0.685. The Balaban J connectivity index is 1.62. The van der Waals surface area contributed by atoms with Crippen molar-refractivity contribution in [2.24, 2.45) is 0 Å². The van der Waals surface area contributed by atoms with Gasteiger partial charge in [-0.25, -0.2) is 0 Å². The average Bonchev–Trinajstić information content (AvgIpc) is 3.15. The van der Waals surface area contributed by atoms with E-state index in [1.165, 1.54) is 0 Å². The molecule has 2 fully saturated rings. The van der Waals surface area contributed by atoms with E-state index in [1.807, 2.05) is 24.3 Å². The molecule has 0 saturated carbocycles. The van der Waals surface area contributed by atoms with Gasteiger partial charge in [0.1, 0.15) is 11.5 Å². The summed E-state index contributed by atoms with van der Waals surface area (Å²) in [6.07, 6.45) is 2.72. The molecule has 2 aliphatic heterocycles. The summed E-state index contributed by atoms with van der Waals surface area (Å²) in [6.45, 7) is 7.08. The summed E-state index contributed by atoms with van der Waals surface area (Å²) in [5, 5.41) is 11.7. The lowest BCUT2D eigenvalue weighted by molar-refractivity contribution is -0.140. The lowest BCUT2D eigenvalue weighted by atomic mass is 9.95. The zero-order valence-electron chi connectivity index (χ0n) is 20.6. The molecule has 0 radical (unpaired) electrons. The molecule has 2 aromatic rings. The third-order valence-electron chi connectivity index (χ3n) is 6.60. The van der Waals surface area contributed by atoms with Crippen molar-refractivity contribution in [2.75, 3.05) is 46.0 Å². The molecule has 1 atom stereocenters. The number of unbranched alkanes of at least 4 members (excludes halogenated alkanes) is 1. The van der Waals surface area contributed by atoms with E-state index in [2.05, 4.69) is 11.8 Å². The first-order valence-electron chi connectivity index (χ1n) is 12.6. The third-order valence-corrected chi connectivity index (χ3v) is 6.85. The molecule has 0 aliphatic carbocycles. The van der Waals surface area contributed by atoms with Crippen LogP contribution in [-0.4, -0.2) is 72.6 Å². The quantitative estimate of drug-likeness (QED) is 0.216. The molecule has 36 heavy (non-hydrogen) atoms. The monoisotopic (exact) mass is 512 g/mol. The fourth-order valence-electron chi connectivity index (χ4n) is 4.59. The smallest absolute Gasteiger partial charge is 0.295 e. The molecule has 2 aromatic carbocycles. The number of ether oxygens (including phenoxy) is 2. The van der Waals surface area contributed by atoms with E-state index in [9.17, 15) is 14.7 Å². The molecule has 7 nitrogen and oxygen atoms in total. The summed E-state index contributed by atoms with van der Waals surface area (Å²) in [6, 6.07) is 13.3. The van der Waals surface area contributed by atoms with Crippen molar-refractivity contribution in [1.29, 1.82) is 0 Å². The largest absolute Gasteiger partial charge is 0.507 e. The van der Waals surface area contributed by atoms with Crippen LogP contribution in [0, 0.1) is 0 Å². The Bertz CT molecular complexity index is 1080. The van der Waals surface area contributed by atoms with Crippen LogP contribution in [0.25, 0.3) is 5.76 Å². The fraction of sp³-hybridized carbons (Fsp3) is 0.429. The second-order valence-corrected chi connectivity index (χ2v) is 9.51. The van der Waals surface area contributed by atoms with E-state index in [0.717, 1.165) is 43.8 Å². The van der Waals surface area contributed by atoms with E-state index >= 15 is 0 Å². The van der Waals surface area contributed by atoms with Crippen LogP contribution < -0.4 is 4.74 Å². The van der Waals surface area contributed by atoms with E-state index in [-0.39, 0.29) is 11.3 Å². The van der Waals surface area contributed by atoms with E-state index in [1.54, 1.807) is 29.2 Å². The van der Waals surface area contributed by atoms with Crippen molar-refractivity contribution < 1.29 is 24.2 Å². The Hall–Kier alpha value is -2.87. The molecule has 4 rings (SSSR count). The van der Waals surface area contributed by atoms with E-state index in [4.69, 9.17) is 21.1 Å². The predicted octanol–water partition coefficient (Wildman–Crippen LogP) is 4.66. The Morgan fingerprint density at radius 3 is 2.39 bits per heavy atom. The minimum Gasteiger partial charge on any atom is -0.507 e. The molecule has 1 amide bonds. The standard InChI is InChI=1S/C28H33ClN2O5/c1-2-3-17-36-23-11-7-20(8-12-23)25-24(26(32)21-5-9-22(29)10-6-21)27(33)28(34)31(25)14-4-13-30-15-18-35-19-16-30/h5-12,25,32H,2-4,13-19H2,1H3/b26-24+. The summed E-state index contributed by atoms with van der Waals surface area (Å²) in [7, 11) is 0. The lowest BCUT2D eigenvalue weighted by Gasteiger charge is -2.29. The summed E-state index contributed by atoms with van der Waals surface area (Å²) in [5.74, 6) is -0.744. The summed E-state index contributed by atoms with van der Waals surface area (Å²) in [5.41, 5.74) is 1.28. The van der Waals surface area contributed by atoms with Crippen molar-refractivity contribution in [2.45, 2.75) is 32.2 Å². The van der Waals surface area contributed by atoms with Gasteiger partial charge in [-0.2, -0.15) is 0 Å². The maximum Gasteiger partial charge on any atom is 0.295 e. The number of benzene rings is 2. The number of rotatable bonds is 10. The van der Waals surface area contributed by atoms with Gasteiger partial charge in [-0.05, 0) is 54.8 Å². The molecule has 0 spiro atoms. The van der Waals surface area contributed by atoms with Gasteiger partial charge in [-0.15, -0.1) is 0 Å². The number of halogens is 1. The third kappa shape index (κ3) is 6.09. The van der Waals surface area contributed by atoms with Crippen molar-refractivity contribution in [1.82, 2.24) is 9.80 Å². The Morgan fingerprint density at radius 2 is 1.72 bits per heavy atom. The van der Waals surface area contributed by atoms with Crippen LogP contribution in [0.4, 0.5) is 0 Å². The van der Waals surface area contributed by atoms with Gasteiger partial charge in [0.25, 0.3) is 11.7 Å². The highest BCUT2D eigenvalue weighted by atomic mass is 35.5. The van der Waals surface area contributed by atoms with Gasteiger partial charge in [0.15, 0.2) is 0 Å². The number of amides is 1. The number of carbonyl (C=O) groups is 2. The van der Waals surface area contributed by atoms with Crippen LogP contribution in [0.5, 0.6) is 5.75 Å². The zero-order valence-corrected chi connectivity index (χ0v) is 21.4. The highest BCUT2D eigenvalue weighted by molar-refractivity contribution is 6.46. The predicted molar refractivity (Wildman–Crippen MR) is 139 cm³/mol. The molecule has 2 aliphatic rings. The molecule has 2 saturated heterocycles. The highest BCUT2D eigenvalue weighted by Crippen LogP contribution is 2.40. The van der Waals surface area contributed by atoms with Gasteiger partial charge >= 0.3 is 0 Å². The number of likely N-dealkylation sites (tertiary alicyclic amines) is 1. The fourth-order valence-corrected chi connectivity index (χ4v) is 4.72. The number of Topliss-reactive ketones (excluding diaryl/α,β-unsaturated/α-hetero) is 1. The number of ketones is 1. The van der Waals surface area contributed by atoms with Gasteiger partial charge in [0.05, 0.1) is 31.4 Å². The van der Waals surface area contributed by atoms with Gasteiger partial charge in [0, 0.05) is 36.8 Å². The number of hydrogen-bond acceptors (Lipinski definition) is 6. The molecular formula is C28H33ClN2O5. The maximum atomic E-state index is 13.2. The summed E-state index contributed by atoms with van der Waals surface area (Å²) < 4.78 is 11.2. The minimum absolute atomic E-state index is 0.0911. The second kappa shape index (κ2) is 12.4. The number of morpholine rings is 1. The Labute approximate surface area is 217 Å². The molecule has 2 heterocycles. The first-order valence-corrected chi connectivity index (χ1v) is 12.9. The van der Waals surface area contributed by atoms with Crippen molar-refractivity contribution in [3.8, 4) is 5.75 Å². The number of hydrogen-bond donors (Lipinski definition) is 1. The van der Waals surface area contributed by atoms with Crippen LogP contribution in [0.2, 0.25) is 5.02 Å². The topological polar surface area (TPSA) is 79.3 Å². The van der Waals surface area contributed by atoms with Crippen LogP contribution in [0.15, 0.2) is 54.1 Å². The molecule has 0 bridgehead atoms. The molecule has 192 valence electrons. The first-order chi connectivity index (χ1) is 17.5. The zero-order chi connectivity index (χ0) is 25.5. The summed E-state index contributed by atoms with van der Waals surface area (Å²) >= 11 is 6.01. The van der Waals surface area contributed by atoms with Gasteiger partial charge < -0.3 is 19.5 Å². The molecule has 8 heteroatoms. The maximum absolute atomic E-state index is 13.2. The SMILES string of the molecule is CCCCOc1ccc(C2/C(=C(\O)c3ccc(Cl)cc3)C(=O)C(=O)N2CCCN2CCOCC2)cc1. The Kier molecular flexibility index (Phi) is 9.02. The molecule has 0 aromatic heterocycles. The van der Waals surface area contributed by atoms with Gasteiger partial charge in [-0.1, -0.05) is 37.1 Å². The number of carbonyl (C=O) groups excluding carboxylic acids is 2. The molecule has 1 unspecified atom stereocenters. The first kappa shape index (κ1) is 26.2. The van der Waals surface area contributed by atoms with Crippen LogP contribution >= 0.6 is 11.6 Å². The Morgan fingerprint density at radius 1 is 1.03 bits per heavy atom. The van der Waals surface area contributed by atoms with Gasteiger partial charge in [0.2, 0.25) is 0 Å². The summed E-state index contributed by atoms with van der Waals surface area (Å²) in [4.78, 5) is 30.2. The molecule has 1 N–H and O–H groups in total. The number of aliphatic hydroxyl groups is 1. The lowest BCUT2D eigenvalue weighted by Crippen LogP contribution is -2.38. The van der Waals surface area contributed by atoms with E-state index < -0.39 is 17.7 Å². The highest BCUT2D eigenvalue weighted by Gasteiger charge is 2.45. The molecular weight excluding hydrogens is 480 g/mol. The van der Waals surface area contributed by atoms with Crippen molar-refractivity contribution in [3.63, 3.8) is 0 Å². The van der Waals surface area contributed by atoms with Crippen LogP contribution in [0.1, 0.15) is 43.4 Å². The van der Waals surface area contributed by atoms with Crippen LogP contribution in [-0.2, 0) is 14.3 Å². The van der Waals surface area contributed by atoms with Crippen molar-refractivity contribution in [3.05, 3.63) is 70.3 Å². The number of nitrogens with zero attached hydrogens (tertiary/aromatic N) is 2. The van der Waals surface area contributed by atoms with E-state index in [0.29, 0.717) is 43.4 Å². The van der Waals surface area contributed by atoms with Crippen LogP contribution in [0.3, 0.4) is 0 Å². The number of aliphatic hydroxyl groups excluding tert-OH is 1. The average molecular weight is 513 g/mol. The second-order valence-electron chi connectivity index (χ2n) is 9.08.